The van der Waals surface area contributed by atoms with Gasteiger partial charge in [-0.25, -0.2) is 0 Å². The van der Waals surface area contributed by atoms with E-state index in [4.69, 9.17) is 0 Å². The van der Waals surface area contributed by atoms with Crippen molar-refractivity contribution in [3.8, 4) is 0 Å². The molecule has 0 aliphatic rings. The molecule has 112 valence electrons. The lowest BCUT2D eigenvalue weighted by Crippen LogP contribution is -2.61. The molecule has 20 heavy (non-hydrogen) atoms. The molecule has 0 aliphatic carbocycles. The van der Waals surface area contributed by atoms with Crippen molar-refractivity contribution in [3.05, 3.63) is 48.6 Å². The summed E-state index contributed by atoms with van der Waals surface area (Å²) in [7, 11) is -2.18. The third kappa shape index (κ3) is 2.62. The van der Waals surface area contributed by atoms with Crippen molar-refractivity contribution in [1.82, 2.24) is 0 Å². The van der Waals surface area contributed by atoms with Crippen LogP contribution >= 0.6 is 0 Å². The van der Waals surface area contributed by atoms with Crippen LogP contribution in [0.15, 0.2) is 43.0 Å². The molecule has 0 spiro atoms. The quantitative estimate of drug-likeness (QED) is 0.641. The molecule has 2 atom stereocenters. The van der Waals surface area contributed by atoms with Gasteiger partial charge in [-0.05, 0) is 10.6 Å². The van der Waals surface area contributed by atoms with Crippen LogP contribution in [0.5, 0.6) is 0 Å². The molecule has 2 nitrogen and oxygen atoms in total. The molecule has 0 amide bonds. The summed E-state index contributed by atoms with van der Waals surface area (Å²) in [6.45, 7) is 14.6. The molecule has 0 heterocycles. The Balaban J connectivity index is 3.55. The zero-order valence-electron chi connectivity index (χ0n) is 13.4. The first kappa shape index (κ1) is 17.1. The first-order chi connectivity index (χ1) is 9.12. The van der Waals surface area contributed by atoms with Crippen LogP contribution in [0.4, 0.5) is 0 Å². The Morgan fingerprint density at radius 1 is 1.20 bits per heavy atom. The van der Waals surface area contributed by atoms with E-state index < -0.39 is 13.3 Å². The third-order valence-electron chi connectivity index (χ3n) is 5.06. The molecule has 1 rings (SSSR count). The van der Waals surface area contributed by atoms with E-state index in [1.165, 1.54) is 0 Å². The summed E-state index contributed by atoms with van der Waals surface area (Å²) in [5.41, 5.74) is 0.880. The van der Waals surface area contributed by atoms with E-state index in [-0.39, 0.29) is 17.6 Å². The van der Waals surface area contributed by atoms with E-state index in [0.717, 1.165) is 5.56 Å². The average molecular weight is 292 g/mol. The largest absolute Gasteiger partial charge is 0.396 e. The Hall–Kier alpha value is -0.903. The lowest BCUT2D eigenvalue weighted by atomic mass is 9.95. The minimum absolute atomic E-state index is 0.00593. The van der Waals surface area contributed by atoms with E-state index in [1.807, 2.05) is 30.3 Å². The molecule has 0 saturated heterocycles. The lowest BCUT2D eigenvalue weighted by molar-refractivity contribution is 0.0363. The van der Waals surface area contributed by atoms with Crippen molar-refractivity contribution in [2.75, 3.05) is 6.61 Å². The van der Waals surface area contributed by atoms with Crippen LogP contribution in [0, 0.1) is 5.92 Å². The monoisotopic (exact) mass is 292 g/mol. The minimum Gasteiger partial charge on any atom is -0.396 e. The predicted molar refractivity (Wildman–Crippen MR) is 88.3 cm³/mol. The zero-order valence-corrected chi connectivity index (χ0v) is 14.4. The lowest BCUT2D eigenvalue weighted by Gasteiger charge is -2.52. The molecule has 0 unspecified atom stereocenters. The fraction of sp³-hybridized carbons (Fsp3) is 0.529. The summed E-state index contributed by atoms with van der Waals surface area (Å²) >= 11 is 0. The molecule has 0 bridgehead atoms. The van der Waals surface area contributed by atoms with Gasteiger partial charge in [0.15, 0.2) is 0 Å². The molecule has 0 aliphatic heterocycles. The Morgan fingerprint density at radius 3 is 2.05 bits per heavy atom. The van der Waals surface area contributed by atoms with Crippen LogP contribution in [0.2, 0.25) is 18.1 Å². The van der Waals surface area contributed by atoms with Gasteiger partial charge in [0.25, 0.3) is 0 Å². The van der Waals surface area contributed by atoms with Gasteiger partial charge in [0.05, 0.1) is 19.9 Å². The van der Waals surface area contributed by atoms with Gasteiger partial charge in [-0.3, -0.25) is 0 Å². The number of hydrogen-bond donors (Lipinski definition) is 2. The summed E-state index contributed by atoms with van der Waals surface area (Å²) in [5, 5.41) is 20.3. The number of aliphatic hydroxyl groups excluding tert-OH is 1. The maximum Gasteiger partial charge on any atom is 0.0970 e. The topological polar surface area (TPSA) is 40.5 Å². The van der Waals surface area contributed by atoms with Crippen LogP contribution < -0.4 is 0 Å². The second-order valence-corrected chi connectivity index (χ2v) is 12.5. The number of aliphatic hydroxyl groups is 2. The fourth-order valence-electron chi connectivity index (χ4n) is 2.68. The van der Waals surface area contributed by atoms with Gasteiger partial charge in [-0.15, -0.1) is 6.58 Å². The Kier molecular flexibility index (Phi) is 5.01. The standard InChI is InChI=1S/C17H28O2Si/c1-7-14(13-18)17(19,15-11-9-8-10-12-15)20(5,6)16(2,3)4/h7-12,14,18-19H,1,13H2,2-6H3/t14-,17-/m1/s1. The average Bonchev–Trinajstić information content (AvgIpc) is 2.39. The molecular weight excluding hydrogens is 264 g/mol. The highest BCUT2D eigenvalue weighted by Gasteiger charge is 2.56. The van der Waals surface area contributed by atoms with Crippen LogP contribution in [-0.2, 0) is 5.22 Å². The third-order valence-corrected chi connectivity index (χ3v) is 11.4. The molecule has 0 radical (unpaired) electrons. The molecule has 0 fully saturated rings. The van der Waals surface area contributed by atoms with Crippen molar-refractivity contribution in [3.63, 3.8) is 0 Å². The minimum atomic E-state index is -2.18. The zero-order chi connectivity index (χ0) is 15.6. The van der Waals surface area contributed by atoms with Crippen LogP contribution in [0.1, 0.15) is 26.3 Å². The summed E-state index contributed by atoms with van der Waals surface area (Å²) in [4.78, 5) is 0. The second-order valence-electron chi connectivity index (χ2n) is 7.03. The molecular formula is C17H28O2Si. The first-order valence-corrected chi connectivity index (χ1v) is 10.1. The van der Waals surface area contributed by atoms with Gasteiger partial charge in [-0.1, -0.05) is 70.3 Å². The van der Waals surface area contributed by atoms with E-state index in [2.05, 4.69) is 40.4 Å². The Morgan fingerprint density at radius 2 is 1.70 bits per heavy atom. The highest BCUT2D eigenvalue weighted by atomic mass is 28.3. The van der Waals surface area contributed by atoms with Gasteiger partial charge in [0.2, 0.25) is 0 Å². The van der Waals surface area contributed by atoms with E-state index in [1.54, 1.807) is 6.08 Å². The van der Waals surface area contributed by atoms with Crippen LogP contribution in [0.3, 0.4) is 0 Å². The smallest absolute Gasteiger partial charge is 0.0970 e. The predicted octanol–water partition coefficient (Wildman–Crippen LogP) is 3.72. The van der Waals surface area contributed by atoms with Crippen molar-refractivity contribution >= 4 is 8.07 Å². The van der Waals surface area contributed by atoms with Crippen molar-refractivity contribution in [2.24, 2.45) is 5.92 Å². The fourth-order valence-corrected chi connectivity index (χ4v) is 5.85. The van der Waals surface area contributed by atoms with Gasteiger partial charge in [-0.2, -0.15) is 0 Å². The van der Waals surface area contributed by atoms with Gasteiger partial charge < -0.3 is 10.2 Å². The van der Waals surface area contributed by atoms with Crippen LogP contribution in [0.25, 0.3) is 0 Å². The number of rotatable bonds is 5. The van der Waals surface area contributed by atoms with Gasteiger partial charge in [0.1, 0.15) is 0 Å². The maximum absolute atomic E-state index is 11.6. The molecule has 0 saturated carbocycles. The summed E-state index contributed by atoms with van der Waals surface area (Å²) in [5.74, 6) is -0.356. The van der Waals surface area contributed by atoms with E-state index in [9.17, 15) is 10.2 Å². The molecule has 0 aromatic heterocycles. The van der Waals surface area contributed by atoms with Crippen molar-refractivity contribution in [2.45, 2.75) is 44.1 Å². The Labute approximate surface area is 124 Å². The molecule has 1 aromatic rings. The summed E-state index contributed by atoms with van der Waals surface area (Å²) in [6, 6.07) is 9.71. The summed E-state index contributed by atoms with van der Waals surface area (Å²) < 4.78 is 0. The Bertz CT molecular complexity index is 448. The normalized spacial score (nSPS) is 17.4. The summed E-state index contributed by atoms with van der Waals surface area (Å²) in [6.07, 6.45) is 1.69. The van der Waals surface area contributed by atoms with Gasteiger partial charge >= 0.3 is 0 Å². The molecule has 3 heteroatoms. The number of benzene rings is 1. The SMILES string of the molecule is C=C[C@H](CO)[C@](O)(c1ccccc1)[Si](C)(C)C(C)(C)C. The second kappa shape index (κ2) is 5.84. The van der Waals surface area contributed by atoms with Crippen molar-refractivity contribution < 1.29 is 10.2 Å². The highest BCUT2D eigenvalue weighted by Crippen LogP contribution is 2.50. The van der Waals surface area contributed by atoms with Crippen LogP contribution in [-0.4, -0.2) is 24.9 Å². The molecule has 2 N–H and O–H groups in total. The molecule has 1 aromatic carbocycles. The maximum atomic E-state index is 11.6. The first-order valence-electron chi connectivity index (χ1n) is 7.14. The highest BCUT2D eigenvalue weighted by molar-refractivity contribution is 6.82. The van der Waals surface area contributed by atoms with E-state index >= 15 is 0 Å². The number of hydrogen-bond acceptors (Lipinski definition) is 2. The van der Waals surface area contributed by atoms with Crippen molar-refractivity contribution in [1.29, 1.82) is 0 Å². The van der Waals surface area contributed by atoms with E-state index in [0.29, 0.717) is 0 Å². The van der Waals surface area contributed by atoms with Gasteiger partial charge in [0, 0.05) is 5.92 Å².